The minimum absolute atomic E-state index is 0.0448. The Balaban J connectivity index is 1.53. The summed E-state index contributed by atoms with van der Waals surface area (Å²) in [5.74, 6) is -0.0845. The van der Waals surface area contributed by atoms with Gasteiger partial charge in [0, 0.05) is 25.2 Å². The highest BCUT2D eigenvalue weighted by atomic mass is 16.2. The SMILES string of the molecule is CC(C)(NC(=O)C1CCCN(C(=O)c2ccccc2)C1)C(=O)NCC1CCCC1. The molecule has 0 spiro atoms. The van der Waals surface area contributed by atoms with Crippen molar-refractivity contribution in [3.05, 3.63) is 35.9 Å². The van der Waals surface area contributed by atoms with E-state index < -0.39 is 5.54 Å². The van der Waals surface area contributed by atoms with Gasteiger partial charge in [-0.25, -0.2) is 0 Å². The molecular weight excluding hydrogens is 366 g/mol. The van der Waals surface area contributed by atoms with Gasteiger partial charge in [0.15, 0.2) is 0 Å². The van der Waals surface area contributed by atoms with Gasteiger partial charge in [0.05, 0.1) is 5.92 Å². The van der Waals surface area contributed by atoms with Crippen LogP contribution in [0.3, 0.4) is 0 Å². The number of nitrogens with one attached hydrogen (secondary N) is 2. The van der Waals surface area contributed by atoms with Gasteiger partial charge in [-0.1, -0.05) is 31.0 Å². The number of nitrogens with zero attached hydrogens (tertiary/aromatic N) is 1. The van der Waals surface area contributed by atoms with Gasteiger partial charge >= 0.3 is 0 Å². The molecular formula is C23H33N3O3. The molecule has 158 valence electrons. The number of piperidine rings is 1. The lowest BCUT2D eigenvalue weighted by Gasteiger charge is -2.34. The molecule has 3 amide bonds. The molecule has 0 aromatic heterocycles. The zero-order valence-corrected chi connectivity index (χ0v) is 17.6. The van der Waals surface area contributed by atoms with Crippen molar-refractivity contribution in [2.75, 3.05) is 19.6 Å². The molecule has 1 heterocycles. The first kappa shape index (κ1) is 21.3. The monoisotopic (exact) mass is 399 g/mol. The summed E-state index contributed by atoms with van der Waals surface area (Å²) in [4.78, 5) is 39.9. The van der Waals surface area contributed by atoms with E-state index in [1.165, 1.54) is 25.7 Å². The van der Waals surface area contributed by atoms with Gasteiger partial charge in [0.25, 0.3) is 5.91 Å². The first-order valence-electron chi connectivity index (χ1n) is 10.8. The lowest BCUT2D eigenvalue weighted by atomic mass is 9.94. The lowest BCUT2D eigenvalue weighted by Crippen LogP contribution is -2.57. The van der Waals surface area contributed by atoms with Gasteiger partial charge in [-0.2, -0.15) is 0 Å². The Morgan fingerprint density at radius 2 is 1.72 bits per heavy atom. The molecule has 2 N–H and O–H groups in total. The number of likely N-dealkylation sites (tertiary alicyclic amines) is 1. The van der Waals surface area contributed by atoms with Crippen LogP contribution in [0.4, 0.5) is 0 Å². The Bertz CT molecular complexity index is 726. The van der Waals surface area contributed by atoms with Crippen LogP contribution in [0.25, 0.3) is 0 Å². The summed E-state index contributed by atoms with van der Waals surface area (Å²) in [6, 6.07) is 9.15. The van der Waals surface area contributed by atoms with E-state index in [-0.39, 0.29) is 23.6 Å². The van der Waals surface area contributed by atoms with E-state index in [9.17, 15) is 14.4 Å². The first-order valence-corrected chi connectivity index (χ1v) is 10.8. The van der Waals surface area contributed by atoms with Crippen molar-refractivity contribution >= 4 is 17.7 Å². The molecule has 0 bridgehead atoms. The molecule has 1 saturated carbocycles. The highest BCUT2D eigenvalue weighted by Crippen LogP contribution is 2.24. The quantitative estimate of drug-likeness (QED) is 0.772. The van der Waals surface area contributed by atoms with E-state index in [2.05, 4.69) is 10.6 Å². The molecule has 1 unspecified atom stereocenters. The minimum atomic E-state index is -0.971. The van der Waals surface area contributed by atoms with Crippen molar-refractivity contribution in [2.45, 2.75) is 57.9 Å². The molecule has 1 aromatic carbocycles. The van der Waals surface area contributed by atoms with E-state index >= 15 is 0 Å². The second-order valence-electron chi connectivity index (χ2n) is 8.93. The molecule has 1 aromatic rings. The average Bonchev–Trinajstić information content (AvgIpc) is 3.25. The summed E-state index contributed by atoms with van der Waals surface area (Å²) in [5.41, 5.74) is -0.332. The normalized spacial score (nSPS) is 20.3. The Morgan fingerprint density at radius 3 is 2.41 bits per heavy atom. The Morgan fingerprint density at radius 1 is 1.03 bits per heavy atom. The summed E-state index contributed by atoms with van der Waals surface area (Å²) in [6.45, 7) is 5.21. The fourth-order valence-electron chi connectivity index (χ4n) is 4.28. The van der Waals surface area contributed by atoms with E-state index in [1.807, 2.05) is 18.2 Å². The first-order chi connectivity index (χ1) is 13.9. The molecule has 2 fully saturated rings. The maximum absolute atomic E-state index is 12.9. The van der Waals surface area contributed by atoms with Crippen LogP contribution in [0, 0.1) is 11.8 Å². The van der Waals surface area contributed by atoms with Crippen molar-refractivity contribution in [1.82, 2.24) is 15.5 Å². The molecule has 29 heavy (non-hydrogen) atoms. The number of carbonyl (C=O) groups excluding carboxylic acids is 3. The fraction of sp³-hybridized carbons (Fsp3) is 0.609. The predicted octanol–water partition coefficient (Wildman–Crippen LogP) is 2.74. The van der Waals surface area contributed by atoms with Crippen LogP contribution in [0.5, 0.6) is 0 Å². The Hall–Kier alpha value is -2.37. The molecule has 1 aliphatic carbocycles. The number of benzene rings is 1. The number of hydrogen-bond acceptors (Lipinski definition) is 3. The number of rotatable bonds is 6. The van der Waals surface area contributed by atoms with Gasteiger partial charge in [0.1, 0.15) is 5.54 Å². The summed E-state index contributed by atoms with van der Waals surface area (Å²) in [6.07, 6.45) is 6.32. The second kappa shape index (κ2) is 9.42. The van der Waals surface area contributed by atoms with Crippen LogP contribution in [-0.4, -0.2) is 47.8 Å². The van der Waals surface area contributed by atoms with Gasteiger partial charge in [-0.3, -0.25) is 14.4 Å². The van der Waals surface area contributed by atoms with Crippen molar-refractivity contribution in [1.29, 1.82) is 0 Å². The topological polar surface area (TPSA) is 78.5 Å². The smallest absolute Gasteiger partial charge is 0.253 e. The number of hydrogen-bond donors (Lipinski definition) is 2. The van der Waals surface area contributed by atoms with Crippen LogP contribution in [0.15, 0.2) is 30.3 Å². The van der Waals surface area contributed by atoms with Crippen molar-refractivity contribution in [3.8, 4) is 0 Å². The third kappa shape index (κ3) is 5.58. The summed E-state index contributed by atoms with van der Waals surface area (Å²) in [7, 11) is 0. The lowest BCUT2D eigenvalue weighted by molar-refractivity contribution is -0.135. The molecule has 6 heteroatoms. The molecule has 1 saturated heterocycles. The van der Waals surface area contributed by atoms with E-state index in [4.69, 9.17) is 0 Å². The summed E-state index contributed by atoms with van der Waals surface area (Å²) < 4.78 is 0. The van der Waals surface area contributed by atoms with Crippen molar-refractivity contribution < 1.29 is 14.4 Å². The van der Waals surface area contributed by atoms with Crippen LogP contribution >= 0.6 is 0 Å². The van der Waals surface area contributed by atoms with Gasteiger partial charge in [0.2, 0.25) is 11.8 Å². The molecule has 1 atom stereocenters. The molecule has 1 aliphatic heterocycles. The van der Waals surface area contributed by atoms with Gasteiger partial charge < -0.3 is 15.5 Å². The molecule has 6 nitrogen and oxygen atoms in total. The Kier molecular flexibility index (Phi) is 6.93. The predicted molar refractivity (Wildman–Crippen MR) is 112 cm³/mol. The number of amides is 3. The summed E-state index contributed by atoms with van der Waals surface area (Å²) in [5, 5.41) is 5.91. The van der Waals surface area contributed by atoms with Crippen LogP contribution in [0.2, 0.25) is 0 Å². The zero-order chi connectivity index (χ0) is 20.9. The molecule has 2 aliphatic rings. The third-order valence-corrected chi connectivity index (χ3v) is 6.13. The Labute approximate surface area is 173 Å². The maximum Gasteiger partial charge on any atom is 0.253 e. The van der Waals surface area contributed by atoms with E-state index in [0.717, 1.165) is 12.8 Å². The average molecular weight is 400 g/mol. The van der Waals surface area contributed by atoms with Crippen LogP contribution < -0.4 is 10.6 Å². The van der Waals surface area contributed by atoms with Crippen LogP contribution in [0.1, 0.15) is 62.7 Å². The van der Waals surface area contributed by atoms with Crippen molar-refractivity contribution in [2.24, 2.45) is 11.8 Å². The van der Waals surface area contributed by atoms with Gasteiger partial charge in [-0.05, 0) is 57.6 Å². The highest BCUT2D eigenvalue weighted by Gasteiger charge is 2.35. The minimum Gasteiger partial charge on any atom is -0.354 e. The summed E-state index contributed by atoms with van der Waals surface area (Å²) >= 11 is 0. The van der Waals surface area contributed by atoms with Crippen molar-refractivity contribution in [3.63, 3.8) is 0 Å². The van der Waals surface area contributed by atoms with E-state index in [1.54, 1.807) is 30.9 Å². The standard InChI is InChI=1S/C23H33N3O3/c1-23(2,22(29)24-15-17-9-6-7-10-17)25-20(27)19-13-8-14-26(16-19)21(28)18-11-4-3-5-12-18/h3-5,11-12,17,19H,6-10,13-16H2,1-2H3,(H,24,29)(H,25,27). The molecule has 0 radical (unpaired) electrons. The second-order valence-corrected chi connectivity index (χ2v) is 8.93. The van der Waals surface area contributed by atoms with Gasteiger partial charge in [-0.15, -0.1) is 0 Å². The highest BCUT2D eigenvalue weighted by molar-refractivity contribution is 5.95. The third-order valence-electron chi connectivity index (χ3n) is 6.13. The molecule has 3 rings (SSSR count). The zero-order valence-electron chi connectivity index (χ0n) is 17.6. The fourth-order valence-corrected chi connectivity index (χ4v) is 4.28. The van der Waals surface area contributed by atoms with Crippen LogP contribution in [-0.2, 0) is 9.59 Å². The largest absolute Gasteiger partial charge is 0.354 e. The maximum atomic E-state index is 12.9. The van der Waals surface area contributed by atoms with E-state index in [0.29, 0.717) is 31.1 Å². The number of carbonyl (C=O) groups is 3.